The van der Waals surface area contributed by atoms with Crippen molar-refractivity contribution in [3.8, 4) is 5.75 Å². The average Bonchev–Trinajstić information content (AvgIpc) is 3.01. The largest absolute Gasteiger partial charge is 0.491 e. The number of para-hydroxylation sites is 1. The maximum Gasteiger partial charge on any atom is 0.119 e. The maximum atomic E-state index is 10.8. The van der Waals surface area contributed by atoms with Crippen LogP contribution in [0.5, 0.6) is 5.75 Å². The first-order valence-corrected chi connectivity index (χ1v) is 11.5. The lowest BCUT2D eigenvalue weighted by atomic mass is 10.00. The number of benzene rings is 3. The molecule has 0 amide bonds. The molecule has 2 atom stereocenters. The van der Waals surface area contributed by atoms with Crippen LogP contribution in [-0.2, 0) is 19.4 Å². The second-order valence-electron chi connectivity index (χ2n) is 8.36. The summed E-state index contributed by atoms with van der Waals surface area (Å²) in [6, 6.07) is 26.8. The van der Waals surface area contributed by atoms with Gasteiger partial charge in [-0.3, -0.25) is 4.90 Å². The molecule has 3 aromatic carbocycles. The molecule has 3 nitrogen and oxygen atoms in total. The van der Waals surface area contributed by atoms with E-state index in [1.807, 2.05) is 42.5 Å². The van der Waals surface area contributed by atoms with Crippen molar-refractivity contribution < 1.29 is 9.84 Å². The normalized spacial score (nSPS) is 17.1. The van der Waals surface area contributed by atoms with Gasteiger partial charge in [0, 0.05) is 24.2 Å². The van der Waals surface area contributed by atoms with E-state index in [0.29, 0.717) is 12.6 Å². The van der Waals surface area contributed by atoms with Crippen molar-refractivity contribution in [2.45, 2.75) is 44.4 Å². The van der Waals surface area contributed by atoms with Crippen LogP contribution in [0.25, 0.3) is 0 Å². The van der Waals surface area contributed by atoms with Gasteiger partial charge in [-0.25, -0.2) is 0 Å². The molecular weight excluding hydrogens is 406 g/mol. The number of ether oxygens (including phenoxy) is 1. The Labute approximate surface area is 190 Å². The van der Waals surface area contributed by atoms with Gasteiger partial charge in [-0.05, 0) is 66.6 Å². The average molecular weight is 436 g/mol. The minimum Gasteiger partial charge on any atom is -0.491 e. The molecule has 0 heterocycles. The van der Waals surface area contributed by atoms with Gasteiger partial charge in [-0.2, -0.15) is 0 Å². The third-order valence-corrected chi connectivity index (χ3v) is 6.22. The van der Waals surface area contributed by atoms with Gasteiger partial charge in [0.1, 0.15) is 18.5 Å². The highest BCUT2D eigenvalue weighted by Crippen LogP contribution is 2.27. The molecule has 0 saturated carbocycles. The summed E-state index contributed by atoms with van der Waals surface area (Å²) in [6.07, 6.45) is 3.72. The van der Waals surface area contributed by atoms with Crippen LogP contribution in [0, 0.1) is 0 Å². The van der Waals surface area contributed by atoms with Crippen molar-refractivity contribution in [1.82, 2.24) is 4.90 Å². The lowest BCUT2D eigenvalue weighted by molar-refractivity contribution is 0.0463. The Bertz CT molecular complexity index is 948. The summed E-state index contributed by atoms with van der Waals surface area (Å²) in [6.45, 7) is 1.66. The van der Waals surface area contributed by atoms with Gasteiger partial charge < -0.3 is 9.84 Å². The minimum atomic E-state index is -0.564. The second kappa shape index (κ2) is 10.8. The number of hydrogen-bond donors (Lipinski definition) is 1. The molecule has 3 aromatic rings. The monoisotopic (exact) mass is 435 g/mol. The molecule has 0 aliphatic heterocycles. The zero-order chi connectivity index (χ0) is 21.5. The number of aliphatic hydroxyl groups excluding tert-OH is 1. The van der Waals surface area contributed by atoms with Crippen LogP contribution >= 0.6 is 11.6 Å². The summed E-state index contributed by atoms with van der Waals surface area (Å²) in [5.41, 5.74) is 4.00. The van der Waals surface area contributed by atoms with Crippen LogP contribution in [0.3, 0.4) is 0 Å². The molecule has 1 aliphatic carbocycles. The molecule has 31 heavy (non-hydrogen) atoms. The summed E-state index contributed by atoms with van der Waals surface area (Å²) < 4.78 is 5.81. The molecule has 0 bridgehead atoms. The van der Waals surface area contributed by atoms with Crippen molar-refractivity contribution in [3.63, 3.8) is 0 Å². The number of halogens is 1. The van der Waals surface area contributed by atoms with E-state index in [0.717, 1.165) is 43.0 Å². The lowest BCUT2D eigenvalue weighted by Crippen LogP contribution is -2.42. The Hall–Kier alpha value is -2.33. The van der Waals surface area contributed by atoms with E-state index in [4.69, 9.17) is 16.3 Å². The first-order valence-electron chi connectivity index (χ1n) is 11.1. The molecule has 4 rings (SSSR count). The van der Waals surface area contributed by atoms with Gasteiger partial charge in [0.2, 0.25) is 0 Å². The Kier molecular flexibility index (Phi) is 7.63. The van der Waals surface area contributed by atoms with E-state index in [2.05, 4.69) is 41.3 Å². The Morgan fingerprint density at radius 3 is 2.48 bits per heavy atom. The molecule has 4 heteroatoms. The van der Waals surface area contributed by atoms with Crippen LogP contribution in [0.2, 0.25) is 5.02 Å². The van der Waals surface area contributed by atoms with E-state index < -0.39 is 6.10 Å². The third kappa shape index (κ3) is 6.33. The van der Waals surface area contributed by atoms with Gasteiger partial charge in [0.05, 0.1) is 0 Å². The molecular formula is C27H30ClNO2. The Morgan fingerprint density at radius 2 is 1.71 bits per heavy atom. The standard InChI is InChI=1S/C27H30ClNO2/c28-24-15-14-22-10-7-11-25(17-23(22)16-24)29(18-21-8-3-1-4-9-21)19-26(30)20-31-27-12-5-2-6-13-27/h1-6,8-9,12-16,25-26,30H,7,10-11,17-20H2. The zero-order valence-corrected chi connectivity index (χ0v) is 18.5. The van der Waals surface area contributed by atoms with Crippen molar-refractivity contribution in [1.29, 1.82) is 0 Å². The number of rotatable bonds is 8. The van der Waals surface area contributed by atoms with Crippen molar-refractivity contribution in [2.75, 3.05) is 13.2 Å². The lowest BCUT2D eigenvalue weighted by Gasteiger charge is -2.33. The summed E-state index contributed by atoms with van der Waals surface area (Å²) in [5.74, 6) is 0.786. The van der Waals surface area contributed by atoms with Crippen LogP contribution in [-0.4, -0.2) is 35.3 Å². The fraction of sp³-hybridized carbons (Fsp3) is 0.333. The Morgan fingerprint density at radius 1 is 0.968 bits per heavy atom. The maximum absolute atomic E-state index is 10.8. The highest BCUT2D eigenvalue weighted by Gasteiger charge is 2.25. The molecule has 1 N–H and O–H groups in total. The molecule has 2 unspecified atom stereocenters. The molecule has 0 aromatic heterocycles. The van der Waals surface area contributed by atoms with Gasteiger partial charge >= 0.3 is 0 Å². The predicted octanol–water partition coefficient (Wildman–Crippen LogP) is 5.53. The van der Waals surface area contributed by atoms with Gasteiger partial charge in [-0.15, -0.1) is 0 Å². The first-order chi connectivity index (χ1) is 15.2. The number of aryl methyl sites for hydroxylation is 1. The molecule has 162 valence electrons. The number of nitrogens with zero attached hydrogens (tertiary/aromatic N) is 1. The summed E-state index contributed by atoms with van der Waals surface area (Å²) in [4.78, 5) is 2.42. The van der Waals surface area contributed by atoms with E-state index >= 15 is 0 Å². The summed E-state index contributed by atoms with van der Waals surface area (Å²) in [5, 5.41) is 11.6. The fourth-order valence-electron chi connectivity index (χ4n) is 4.42. The molecule has 0 spiro atoms. The topological polar surface area (TPSA) is 32.7 Å². The van der Waals surface area contributed by atoms with Gasteiger partial charge in [-0.1, -0.05) is 66.2 Å². The van der Waals surface area contributed by atoms with E-state index in [9.17, 15) is 5.11 Å². The minimum absolute atomic E-state index is 0.282. The van der Waals surface area contributed by atoms with Gasteiger partial charge in [0.25, 0.3) is 0 Å². The smallest absolute Gasteiger partial charge is 0.119 e. The Balaban J connectivity index is 1.48. The van der Waals surface area contributed by atoms with Crippen molar-refractivity contribution in [2.24, 2.45) is 0 Å². The van der Waals surface area contributed by atoms with Crippen molar-refractivity contribution in [3.05, 3.63) is 101 Å². The molecule has 1 aliphatic rings. The van der Waals surface area contributed by atoms with E-state index in [1.54, 1.807) is 0 Å². The van der Waals surface area contributed by atoms with E-state index in [1.165, 1.54) is 16.7 Å². The summed E-state index contributed by atoms with van der Waals surface area (Å²) in [7, 11) is 0. The van der Waals surface area contributed by atoms with Crippen LogP contribution in [0.15, 0.2) is 78.9 Å². The fourth-order valence-corrected chi connectivity index (χ4v) is 4.61. The van der Waals surface area contributed by atoms with Crippen LogP contribution < -0.4 is 4.74 Å². The molecule has 0 fully saturated rings. The van der Waals surface area contributed by atoms with Gasteiger partial charge in [0.15, 0.2) is 0 Å². The highest BCUT2D eigenvalue weighted by molar-refractivity contribution is 6.30. The van der Waals surface area contributed by atoms with Crippen LogP contribution in [0.4, 0.5) is 0 Å². The SMILES string of the molecule is OC(COc1ccccc1)CN(Cc1ccccc1)C1CCCc2ccc(Cl)cc2C1. The highest BCUT2D eigenvalue weighted by atomic mass is 35.5. The zero-order valence-electron chi connectivity index (χ0n) is 17.8. The first kappa shape index (κ1) is 21.9. The number of hydrogen-bond acceptors (Lipinski definition) is 3. The van der Waals surface area contributed by atoms with Crippen LogP contribution in [0.1, 0.15) is 29.5 Å². The number of fused-ring (bicyclic) bond motifs is 1. The summed E-state index contributed by atoms with van der Waals surface area (Å²) >= 11 is 6.30. The number of aliphatic hydroxyl groups is 1. The second-order valence-corrected chi connectivity index (χ2v) is 8.79. The predicted molar refractivity (Wildman–Crippen MR) is 127 cm³/mol. The quantitative estimate of drug-likeness (QED) is 0.472. The van der Waals surface area contributed by atoms with E-state index in [-0.39, 0.29) is 6.61 Å². The van der Waals surface area contributed by atoms with Crippen molar-refractivity contribution >= 4 is 11.6 Å². The third-order valence-electron chi connectivity index (χ3n) is 5.98. The molecule has 0 radical (unpaired) electrons. The molecule has 0 saturated heterocycles.